The first-order chi connectivity index (χ1) is 16.1. The lowest BCUT2D eigenvalue weighted by molar-refractivity contribution is 0.440. The summed E-state index contributed by atoms with van der Waals surface area (Å²) in [5.74, 6) is 2.09. The number of rotatable bonds is 4. The lowest BCUT2D eigenvalue weighted by Crippen LogP contribution is -2.13. The highest BCUT2D eigenvalue weighted by Gasteiger charge is 2.28. The van der Waals surface area contributed by atoms with Gasteiger partial charge in [0, 0.05) is 29.6 Å². The van der Waals surface area contributed by atoms with E-state index in [0.29, 0.717) is 18.0 Å². The van der Waals surface area contributed by atoms with E-state index in [1.165, 1.54) is 22.2 Å². The number of hydrogen-bond acceptors (Lipinski definition) is 6. The maximum absolute atomic E-state index is 13.5. The van der Waals surface area contributed by atoms with E-state index in [2.05, 4.69) is 29.5 Å². The fraction of sp³-hybridized carbons (Fsp3) is 0.0769. The second-order valence-electron chi connectivity index (χ2n) is 7.83. The molecule has 3 aliphatic heterocycles. The van der Waals surface area contributed by atoms with Crippen LogP contribution >= 0.6 is 23.5 Å². The quantitative estimate of drug-likeness (QED) is 0.321. The first kappa shape index (κ1) is 20.7. The lowest BCUT2D eigenvalue weighted by Gasteiger charge is -2.22. The topological polar surface area (TPSA) is 46.6 Å². The first-order valence-electron chi connectivity index (χ1n) is 10.5. The van der Waals surface area contributed by atoms with E-state index in [1.54, 1.807) is 24.3 Å². The van der Waals surface area contributed by atoms with Gasteiger partial charge in [0.25, 0.3) is 0 Å². The molecule has 0 bridgehead atoms. The standard InChI is InChI=1S/C26H19NO3S3/c28-33(29,25-7-3-6-23-26(25)30-21-4-1-2-5-22(21)32-23)20-10-8-18(9-11-20)16-27-14-12-19-13-15-31-24(19)17-27/h1-14,17H,15-16H2. The van der Waals surface area contributed by atoms with E-state index in [4.69, 9.17) is 4.74 Å². The van der Waals surface area contributed by atoms with Crippen molar-refractivity contribution in [1.82, 2.24) is 4.90 Å². The van der Waals surface area contributed by atoms with Gasteiger partial charge in [0.2, 0.25) is 9.84 Å². The van der Waals surface area contributed by atoms with Gasteiger partial charge in [-0.1, -0.05) is 48.2 Å². The van der Waals surface area contributed by atoms with Gasteiger partial charge in [-0.25, -0.2) is 8.42 Å². The molecular formula is C26H19NO3S3. The van der Waals surface area contributed by atoms with Crippen LogP contribution in [0.4, 0.5) is 0 Å². The first-order valence-corrected chi connectivity index (χ1v) is 13.8. The molecule has 3 aromatic rings. The third-order valence-electron chi connectivity index (χ3n) is 5.67. The summed E-state index contributed by atoms with van der Waals surface area (Å²) in [6.45, 7) is 0.686. The van der Waals surface area contributed by atoms with Gasteiger partial charge >= 0.3 is 0 Å². The van der Waals surface area contributed by atoms with Gasteiger partial charge in [-0.3, -0.25) is 0 Å². The smallest absolute Gasteiger partial charge is 0.210 e. The Morgan fingerprint density at radius 2 is 1.76 bits per heavy atom. The van der Waals surface area contributed by atoms with Gasteiger partial charge in [-0.15, -0.1) is 11.8 Å². The second kappa shape index (κ2) is 8.17. The predicted octanol–water partition coefficient (Wildman–Crippen LogP) is 6.62. The highest BCUT2D eigenvalue weighted by atomic mass is 32.2. The highest BCUT2D eigenvalue weighted by molar-refractivity contribution is 8.03. The summed E-state index contributed by atoms with van der Waals surface area (Å²) in [6, 6.07) is 20.1. The molecular weight excluding hydrogens is 470 g/mol. The molecule has 0 N–H and O–H groups in total. The minimum atomic E-state index is -3.73. The summed E-state index contributed by atoms with van der Waals surface area (Å²) in [5.41, 5.74) is 2.33. The van der Waals surface area contributed by atoms with Crippen LogP contribution in [0, 0.1) is 0 Å². The maximum atomic E-state index is 13.5. The van der Waals surface area contributed by atoms with Crippen molar-refractivity contribution in [1.29, 1.82) is 0 Å². The number of allylic oxidation sites excluding steroid dienone is 2. The highest BCUT2D eigenvalue weighted by Crippen LogP contribution is 2.49. The molecule has 164 valence electrons. The van der Waals surface area contributed by atoms with Gasteiger partial charge < -0.3 is 9.64 Å². The maximum Gasteiger partial charge on any atom is 0.210 e. The summed E-state index contributed by atoms with van der Waals surface area (Å²) in [5, 5.41) is 0. The Kier molecular flexibility index (Phi) is 5.13. The van der Waals surface area contributed by atoms with E-state index in [9.17, 15) is 8.42 Å². The summed E-state index contributed by atoms with van der Waals surface area (Å²) >= 11 is 3.36. The normalized spacial score (nSPS) is 16.3. The zero-order valence-corrected chi connectivity index (χ0v) is 19.9. The number of ether oxygens (including phenoxy) is 1. The number of hydrogen-bond donors (Lipinski definition) is 0. The second-order valence-corrected chi connectivity index (χ2v) is 11.9. The van der Waals surface area contributed by atoms with Gasteiger partial charge in [-0.2, -0.15) is 0 Å². The van der Waals surface area contributed by atoms with Crippen LogP contribution in [0.25, 0.3) is 0 Å². The van der Waals surface area contributed by atoms with Crippen LogP contribution in [0.2, 0.25) is 0 Å². The molecule has 0 radical (unpaired) electrons. The largest absolute Gasteiger partial charge is 0.454 e. The number of benzene rings is 3. The lowest BCUT2D eigenvalue weighted by atomic mass is 10.1. The van der Waals surface area contributed by atoms with Gasteiger partial charge in [0.05, 0.1) is 14.7 Å². The molecule has 0 unspecified atom stereocenters. The number of nitrogens with zero attached hydrogens (tertiary/aromatic N) is 1. The Labute approximate surface area is 201 Å². The van der Waals surface area contributed by atoms with Crippen molar-refractivity contribution in [3.8, 4) is 11.5 Å². The van der Waals surface area contributed by atoms with Crippen LogP contribution in [0.3, 0.4) is 0 Å². The van der Waals surface area contributed by atoms with Crippen LogP contribution in [-0.4, -0.2) is 19.1 Å². The minimum Gasteiger partial charge on any atom is -0.454 e. The summed E-state index contributed by atoms with van der Waals surface area (Å²) in [4.78, 5) is 5.64. The fourth-order valence-corrected chi connectivity index (χ4v) is 7.40. The van der Waals surface area contributed by atoms with Crippen LogP contribution in [-0.2, 0) is 16.4 Å². The SMILES string of the molecule is O=S(=O)(c1ccc(CN2C=CC3=CCSC3=C2)cc1)c1cccc2c1Oc1ccccc1S2. The monoisotopic (exact) mass is 489 g/mol. The molecule has 0 saturated carbocycles. The van der Waals surface area contributed by atoms with Crippen molar-refractivity contribution < 1.29 is 13.2 Å². The molecule has 3 aromatic carbocycles. The van der Waals surface area contributed by atoms with Gasteiger partial charge in [0.15, 0.2) is 5.75 Å². The minimum absolute atomic E-state index is 0.191. The summed E-state index contributed by atoms with van der Waals surface area (Å²) in [6.07, 6.45) is 8.57. The van der Waals surface area contributed by atoms with E-state index in [-0.39, 0.29) is 9.79 Å². The summed E-state index contributed by atoms with van der Waals surface area (Å²) in [7, 11) is -3.73. The molecule has 0 amide bonds. The molecule has 0 saturated heterocycles. The van der Waals surface area contributed by atoms with Crippen molar-refractivity contribution in [3.63, 3.8) is 0 Å². The average molecular weight is 490 g/mol. The number of fused-ring (bicyclic) bond motifs is 3. The zero-order valence-electron chi connectivity index (χ0n) is 17.5. The molecule has 0 fully saturated rings. The van der Waals surface area contributed by atoms with Crippen molar-refractivity contribution in [2.45, 2.75) is 26.1 Å². The molecule has 3 heterocycles. The molecule has 3 aliphatic rings. The Hall–Kier alpha value is -2.87. The molecule has 33 heavy (non-hydrogen) atoms. The Morgan fingerprint density at radius 3 is 2.64 bits per heavy atom. The number of thioether (sulfide) groups is 1. The van der Waals surface area contributed by atoms with Crippen LogP contribution in [0.15, 0.2) is 121 Å². The van der Waals surface area contributed by atoms with Crippen LogP contribution in [0.5, 0.6) is 11.5 Å². The van der Waals surface area contributed by atoms with E-state index < -0.39 is 9.84 Å². The fourth-order valence-electron chi connectivity index (χ4n) is 3.98. The van der Waals surface area contributed by atoms with Crippen LogP contribution in [0.1, 0.15) is 5.56 Å². The third-order valence-corrected chi connectivity index (χ3v) is 9.54. The third kappa shape index (κ3) is 3.80. The Balaban J connectivity index is 1.27. The Bertz CT molecular complexity index is 1450. The summed E-state index contributed by atoms with van der Waals surface area (Å²) < 4.78 is 33.1. The van der Waals surface area contributed by atoms with Crippen molar-refractivity contribution in [3.05, 3.63) is 107 Å². The molecule has 0 aliphatic carbocycles. The van der Waals surface area contributed by atoms with E-state index >= 15 is 0 Å². The van der Waals surface area contributed by atoms with Gasteiger partial charge in [0.1, 0.15) is 10.6 Å². The predicted molar refractivity (Wildman–Crippen MR) is 132 cm³/mol. The number of sulfone groups is 1. The molecule has 0 atom stereocenters. The molecule has 4 nitrogen and oxygen atoms in total. The molecule has 0 aromatic heterocycles. The van der Waals surface area contributed by atoms with Crippen molar-refractivity contribution in [2.24, 2.45) is 0 Å². The van der Waals surface area contributed by atoms with E-state index in [1.807, 2.05) is 54.2 Å². The molecule has 7 heteroatoms. The molecule has 6 rings (SSSR count). The van der Waals surface area contributed by atoms with Crippen LogP contribution < -0.4 is 4.74 Å². The molecule has 0 spiro atoms. The number of para-hydroxylation sites is 2. The van der Waals surface area contributed by atoms with Crippen molar-refractivity contribution in [2.75, 3.05) is 5.75 Å². The Morgan fingerprint density at radius 1 is 0.939 bits per heavy atom. The average Bonchev–Trinajstić information content (AvgIpc) is 3.30. The zero-order chi connectivity index (χ0) is 22.4. The van der Waals surface area contributed by atoms with Crippen molar-refractivity contribution >= 4 is 33.4 Å². The van der Waals surface area contributed by atoms with Gasteiger partial charge in [-0.05, 0) is 53.6 Å². The van der Waals surface area contributed by atoms with E-state index in [0.717, 1.165) is 21.1 Å².